The number of thiophene rings is 1. The molecule has 0 bridgehead atoms. The van der Waals surface area contributed by atoms with Crippen molar-refractivity contribution in [1.29, 1.82) is 0 Å². The summed E-state index contributed by atoms with van der Waals surface area (Å²) in [5.74, 6) is 0.537. The summed E-state index contributed by atoms with van der Waals surface area (Å²) < 4.78 is 6.07. The van der Waals surface area contributed by atoms with Gasteiger partial charge in [0, 0.05) is 10.4 Å². The SMILES string of the molecule is CCCC(CCC)c1ccc(OCc2ccc(-c3csc(CN(CC(=O)O)C(=O)c4ccc(C(C)C)cc4)c3)cc2)cc1. The van der Waals surface area contributed by atoms with E-state index in [1.165, 1.54) is 47.5 Å². The van der Waals surface area contributed by atoms with Gasteiger partial charge in [0.2, 0.25) is 0 Å². The molecular weight excluding hydrogens is 554 g/mol. The van der Waals surface area contributed by atoms with E-state index in [9.17, 15) is 14.7 Å². The van der Waals surface area contributed by atoms with Crippen LogP contribution in [-0.2, 0) is 17.9 Å². The first-order valence-electron chi connectivity index (χ1n) is 15.3. The summed E-state index contributed by atoms with van der Waals surface area (Å²) in [4.78, 5) is 27.1. The first-order valence-corrected chi connectivity index (χ1v) is 16.2. The van der Waals surface area contributed by atoms with Gasteiger partial charge < -0.3 is 14.7 Å². The van der Waals surface area contributed by atoms with Crippen molar-refractivity contribution in [3.05, 3.63) is 111 Å². The molecule has 4 rings (SSSR count). The van der Waals surface area contributed by atoms with Crippen molar-refractivity contribution < 1.29 is 19.4 Å². The largest absolute Gasteiger partial charge is 0.489 e. The lowest BCUT2D eigenvalue weighted by Gasteiger charge is -2.20. The van der Waals surface area contributed by atoms with Crippen LogP contribution < -0.4 is 4.74 Å². The summed E-state index contributed by atoms with van der Waals surface area (Å²) in [5.41, 5.74) is 6.22. The van der Waals surface area contributed by atoms with Crippen LogP contribution in [0.15, 0.2) is 84.2 Å². The molecule has 1 N–H and O–H groups in total. The van der Waals surface area contributed by atoms with Crippen LogP contribution in [0.4, 0.5) is 0 Å². The van der Waals surface area contributed by atoms with E-state index in [0.29, 0.717) is 24.0 Å². The van der Waals surface area contributed by atoms with Crippen LogP contribution in [-0.4, -0.2) is 28.4 Å². The molecule has 1 aromatic heterocycles. The first kappa shape index (κ1) is 32.0. The maximum atomic E-state index is 13.2. The number of nitrogens with zero attached hydrogens (tertiary/aromatic N) is 1. The average Bonchev–Trinajstić information content (AvgIpc) is 3.48. The molecule has 0 saturated carbocycles. The minimum Gasteiger partial charge on any atom is -0.489 e. The molecule has 1 heterocycles. The Labute approximate surface area is 260 Å². The van der Waals surface area contributed by atoms with Gasteiger partial charge in [0.15, 0.2) is 0 Å². The van der Waals surface area contributed by atoms with E-state index in [4.69, 9.17) is 4.74 Å². The van der Waals surface area contributed by atoms with E-state index in [-0.39, 0.29) is 19.0 Å². The maximum Gasteiger partial charge on any atom is 0.323 e. The van der Waals surface area contributed by atoms with Crippen LogP contribution >= 0.6 is 11.3 Å². The van der Waals surface area contributed by atoms with E-state index >= 15 is 0 Å². The number of carboxylic acids is 1. The predicted octanol–water partition coefficient (Wildman–Crippen LogP) is 9.53. The topological polar surface area (TPSA) is 66.8 Å². The molecule has 0 aliphatic carbocycles. The Kier molecular flexibility index (Phi) is 11.6. The van der Waals surface area contributed by atoms with Crippen LogP contribution in [0.5, 0.6) is 5.75 Å². The highest BCUT2D eigenvalue weighted by Crippen LogP contribution is 2.29. The Hall–Kier alpha value is -3.90. The van der Waals surface area contributed by atoms with Gasteiger partial charge in [-0.3, -0.25) is 9.59 Å². The monoisotopic (exact) mass is 597 g/mol. The molecule has 43 heavy (non-hydrogen) atoms. The molecule has 3 aromatic carbocycles. The number of hydrogen-bond acceptors (Lipinski definition) is 4. The number of rotatable bonds is 15. The van der Waals surface area contributed by atoms with Crippen LogP contribution in [0.3, 0.4) is 0 Å². The standard InChI is InChI=1S/C37H43NO4S/c1-5-7-29(8-6-2)30-17-19-34(20-18-30)42-24-27-9-11-31(12-10-27)33-21-35(43-25-33)22-38(23-36(39)40)37(41)32-15-13-28(14-16-32)26(3)4/h9-21,25-26,29H,5-8,22-24H2,1-4H3,(H,39,40). The molecule has 1 amide bonds. The van der Waals surface area contributed by atoms with Gasteiger partial charge in [-0.1, -0.05) is 89.1 Å². The van der Waals surface area contributed by atoms with E-state index in [1.807, 2.05) is 23.6 Å². The van der Waals surface area contributed by atoms with Crippen molar-refractivity contribution >= 4 is 23.2 Å². The maximum absolute atomic E-state index is 13.2. The Morgan fingerprint density at radius 1 is 0.837 bits per heavy atom. The minimum absolute atomic E-state index is 0.240. The van der Waals surface area contributed by atoms with Crippen molar-refractivity contribution in [3.8, 4) is 16.9 Å². The molecule has 6 heteroatoms. The van der Waals surface area contributed by atoms with Gasteiger partial charge in [-0.05, 0) is 88.2 Å². The first-order chi connectivity index (χ1) is 20.8. The number of amides is 1. The number of carbonyl (C=O) groups excluding carboxylic acids is 1. The molecule has 0 atom stereocenters. The van der Waals surface area contributed by atoms with Gasteiger partial charge in [-0.25, -0.2) is 0 Å². The van der Waals surface area contributed by atoms with Gasteiger partial charge >= 0.3 is 5.97 Å². The number of benzene rings is 3. The zero-order chi connectivity index (χ0) is 30.8. The van der Waals surface area contributed by atoms with Gasteiger partial charge in [0.05, 0.1) is 6.54 Å². The van der Waals surface area contributed by atoms with Crippen molar-refractivity contribution in [2.24, 2.45) is 0 Å². The zero-order valence-corrected chi connectivity index (χ0v) is 26.5. The molecule has 0 spiro atoms. The minimum atomic E-state index is -1.03. The summed E-state index contributed by atoms with van der Waals surface area (Å²) in [6.45, 7) is 9.06. The molecule has 0 saturated heterocycles. The van der Waals surface area contributed by atoms with Crippen molar-refractivity contribution in [1.82, 2.24) is 4.90 Å². The van der Waals surface area contributed by atoms with E-state index in [1.54, 1.807) is 12.1 Å². The Morgan fingerprint density at radius 2 is 1.47 bits per heavy atom. The second-order valence-corrected chi connectivity index (χ2v) is 12.5. The summed E-state index contributed by atoms with van der Waals surface area (Å²) in [6.07, 6.45) is 4.83. The van der Waals surface area contributed by atoms with Gasteiger partial charge in [-0.2, -0.15) is 0 Å². The Balaban J connectivity index is 1.36. The molecule has 0 unspecified atom stereocenters. The molecule has 226 valence electrons. The van der Waals surface area contributed by atoms with Crippen LogP contribution in [0.2, 0.25) is 0 Å². The lowest BCUT2D eigenvalue weighted by atomic mass is 9.90. The van der Waals surface area contributed by atoms with Crippen LogP contribution in [0, 0.1) is 0 Å². The predicted molar refractivity (Wildman–Crippen MR) is 176 cm³/mol. The fraction of sp³-hybridized carbons (Fsp3) is 0.351. The summed E-state index contributed by atoms with van der Waals surface area (Å²) in [5, 5.41) is 11.5. The van der Waals surface area contributed by atoms with Crippen LogP contribution in [0.1, 0.15) is 97.1 Å². The van der Waals surface area contributed by atoms with Crippen molar-refractivity contribution in [2.75, 3.05) is 6.54 Å². The lowest BCUT2D eigenvalue weighted by Crippen LogP contribution is -2.35. The Bertz CT molecular complexity index is 1450. The van der Waals surface area contributed by atoms with Crippen molar-refractivity contribution in [3.63, 3.8) is 0 Å². The summed E-state index contributed by atoms with van der Waals surface area (Å²) in [6, 6.07) is 26.3. The number of ether oxygens (including phenoxy) is 1. The van der Waals surface area contributed by atoms with Gasteiger partial charge in [-0.15, -0.1) is 11.3 Å². The third-order valence-electron chi connectivity index (χ3n) is 7.76. The van der Waals surface area contributed by atoms with E-state index in [0.717, 1.165) is 32.9 Å². The normalized spacial score (nSPS) is 11.2. The quantitative estimate of drug-likeness (QED) is 0.148. The molecule has 0 aliphatic rings. The summed E-state index contributed by atoms with van der Waals surface area (Å²) in [7, 11) is 0. The smallest absolute Gasteiger partial charge is 0.323 e. The highest BCUT2D eigenvalue weighted by molar-refractivity contribution is 7.10. The fourth-order valence-corrected chi connectivity index (χ4v) is 6.24. The molecule has 0 fully saturated rings. The highest BCUT2D eigenvalue weighted by atomic mass is 32.1. The molecule has 0 radical (unpaired) electrons. The number of carbonyl (C=O) groups is 2. The van der Waals surface area contributed by atoms with Gasteiger partial charge in [0.25, 0.3) is 5.91 Å². The highest BCUT2D eigenvalue weighted by Gasteiger charge is 2.20. The number of hydrogen-bond donors (Lipinski definition) is 1. The fourth-order valence-electron chi connectivity index (χ4n) is 5.33. The van der Waals surface area contributed by atoms with Crippen LogP contribution in [0.25, 0.3) is 11.1 Å². The zero-order valence-electron chi connectivity index (χ0n) is 25.7. The number of carboxylic acid groups (broad SMARTS) is 1. The van der Waals surface area contributed by atoms with E-state index < -0.39 is 5.97 Å². The molecule has 0 aliphatic heterocycles. The molecule has 4 aromatic rings. The van der Waals surface area contributed by atoms with E-state index in [2.05, 4.69) is 76.2 Å². The molecular formula is C37H43NO4S. The molecule has 5 nitrogen and oxygen atoms in total. The third kappa shape index (κ3) is 9.04. The third-order valence-corrected chi connectivity index (χ3v) is 8.68. The Morgan fingerprint density at radius 3 is 2.05 bits per heavy atom. The summed E-state index contributed by atoms with van der Waals surface area (Å²) >= 11 is 1.53. The average molecular weight is 598 g/mol. The number of aliphatic carboxylic acids is 1. The second kappa shape index (κ2) is 15.5. The second-order valence-electron chi connectivity index (χ2n) is 11.5. The lowest BCUT2D eigenvalue weighted by molar-refractivity contribution is -0.137. The van der Waals surface area contributed by atoms with Gasteiger partial charge in [0.1, 0.15) is 18.9 Å². The van der Waals surface area contributed by atoms with Crippen molar-refractivity contribution in [2.45, 2.75) is 78.4 Å².